The van der Waals surface area contributed by atoms with E-state index in [0.29, 0.717) is 0 Å². The number of carbonyl (C=O) groups excluding carboxylic acids is 1. The molecule has 0 aliphatic carbocycles. The van der Waals surface area contributed by atoms with Crippen LogP contribution in [0, 0.1) is 0 Å². The normalized spacial score (nSPS) is 13.8. The molecule has 0 saturated carbocycles. The van der Waals surface area contributed by atoms with E-state index in [1.807, 2.05) is 0 Å². The number of hydrogen-bond acceptors (Lipinski definition) is 5. The van der Waals surface area contributed by atoms with Gasteiger partial charge in [0, 0.05) is 6.42 Å². The lowest BCUT2D eigenvalue weighted by atomic mass is 10.2. The van der Waals surface area contributed by atoms with Gasteiger partial charge in [0.25, 0.3) is 0 Å². The first-order valence-electron chi connectivity index (χ1n) is 3.42. The van der Waals surface area contributed by atoms with Gasteiger partial charge in [0.15, 0.2) is 0 Å². The highest BCUT2D eigenvalue weighted by Gasteiger charge is 2.20. The highest BCUT2D eigenvalue weighted by Crippen LogP contribution is 2.36. The molecule has 0 heterocycles. The van der Waals surface area contributed by atoms with E-state index in [1.54, 1.807) is 0 Å². The van der Waals surface area contributed by atoms with E-state index in [4.69, 9.17) is 20.0 Å². The van der Waals surface area contributed by atoms with E-state index in [2.05, 4.69) is 4.52 Å². The Morgan fingerprint density at radius 3 is 2.38 bits per heavy atom. The van der Waals surface area contributed by atoms with E-state index >= 15 is 0 Å². The van der Waals surface area contributed by atoms with Crippen molar-refractivity contribution in [3.63, 3.8) is 0 Å². The number of aliphatic hydroxyl groups is 2. The van der Waals surface area contributed by atoms with Gasteiger partial charge >= 0.3 is 13.8 Å². The Bertz CT molecular complexity index is 209. The summed E-state index contributed by atoms with van der Waals surface area (Å²) in [5.74, 6) is -1.11. The third-order valence-corrected chi connectivity index (χ3v) is 1.55. The zero-order valence-electron chi connectivity index (χ0n) is 6.66. The van der Waals surface area contributed by atoms with Crippen molar-refractivity contribution in [2.75, 3.05) is 6.61 Å². The molecule has 7 nitrogen and oxygen atoms in total. The standard InChI is InChI=1S/C5H11O7P/c6-3-4(7)1-2-5(8)12-13(9,10)11/h4,6-7H,1-3H2,(H2,9,10,11)/t4-/m0/s1. The summed E-state index contributed by atoms with van der Waals surface area (Å²) in [5.41, 5.74) is 0. The first-order chi connectivity index (χ1) is 5.85. The Balaban J connectivity index is 3.71. The highest BCUT2D eigenvalue weighted by molar-refractivity contribution is 7.46. The molecular weight excluding hydrogens is 203 g/mol. The first kappa shape index (κ1) is 12.5. The fourth-order valence-electron chi connectivity index (χ4n) is 0.554. The van der Waals surface area contributed by atoms with Crippen LogP contribution in [0.2, 0.25) is 0 Å². The molecule has 0 aliphatic rings. The summed E-state index contributed by atoms with van der Waals surface area (Å²) in [4.78, 5) is 26.9. The van der Waals surface area contributed by atoms with Gasteiger partial charge in [0.05, 0.1) is 12.7 Å². The Hall–Kier alpha value is -0.460. The SMILES string of the molecule is O=C(CC[C@H](O)CO)OP(=O)(O)O. The van der Waals surface area contributed by atoms with Crippen molar-refractivity contribution in [2.45, 2.75) is 18.9 Å². The lowest BCUT2D eigenvalue weighted by Gasteiger charge is -2.07. The second-order valence-corrected chi connectivity index (χ2v) is 3.49. The number of rotatable bonds is 5. The number of carbonyl (C=O) groups is 1. The van der Waals surface area contributed by atoms with Crippen LogP contribution in [0.3, 0.4) is 0 Å². The van der Waals surface area contributed by atoms with Gasteiger partial charge in [-0.15, -0.1) is 0 Å². The maximum Gasteiger partial charge on any atom is 0.526 e. The molecule has 0 spiro atoms. The average molecular weight is 214 g/mol. The second-order valence-electron chi connectivity index (χ2n) is 2.33. The summed E-state index contributed by atoms with van der Waals surface area (Å²) >= 11 is 0. The Labute approximate surface area is 74.2 Å². The smallest absolute Gasteiger partial charge is 0.394 e. The molecule has 0 fully saturated rings. The molecule has 1 atom stereocenters. The van der Waals surface area contributed by atoms with Gasteiger partial charge in [-0.05, 0) is 6.42 Å². The van der Waals surface area contributed by atoms with E-state index < -0.39 is 26.5 Å². The van der Waals surface area contributed by atoms with Crippen LogP contribution in [-0.2, 0) is 13.9 Å². The van der Waals surface area contributed by atoms with Gasteiger partial charge in [0.2, 0.25) is 0 Å². The van der Waals surface area contributed by atoms with Gasteiger partial charge in [-0.25, -0.2) is 4.57 Å². The predicted molar refractivity (Wildman–Crippen MR) is 40.5 cm³/mol. The Kier molecular flexibility index (Phi) is 5.12. The number of hydrogen-bond donors (Lipinski definition) is 4. The highest BCUT2D eigenvalue weighted by atomic mass is 31.2. The molecule has 78 valence electrons. The fraction of sp³-hybridized carbons (Fsp3) is 0.800. The minimum absolute atomic E-state index is 0.102. The van der Waals surface area contributed by atoms with Crippen molar-refractivity contribution in [3.8, 4) is 0 Å². The molecule has 0 radical (unpaired) electrons. The minimum atomic E-state index is -4.78. The van der Waals surface area contributed by atoms with Crippen molar-refractivity contribution in [2.24, 2.45) is 0 Å². The van der Waals surface area contributed by atoms with Crippen LogP contribution >= 0.6 is 7.82 Å². The number of phosphoric ester groups is 1. The number of aliphatic hydroxyl groups excluding tert-OH is 2. The summed E-state index contributed by atoms with van der Waals surface area (Å²) in [7, 11) is -4.78. The molecule has 0 rings (SSSR count). The Morgan fingerprint density at radius 1 is 1.46 bits per heavy atom. The van der Waals surface area contributed by atoms with Crippen molar-refractivity contribution < 1.29 is 33.9 Å². The molecule has 0 aromatic carbocycles. The van der Waals surface area contributed by atoms with Crippen molar-refractivity contribution in [1.29, 1.82) is 0 Å². The third kappa shape index (κ3) is 7.89. The van der Waals surface area contributed by atoms with Crippen molar-refractivity contribution in [1.82, 2.24) is 0 Å². The van der Waals surface area contributed by atoms with Crippen LogP contribution < -0.4 is 0 Å². The second kappa shape index (κ2) is 5.31. The van der Waals surface area contributed by atoms with Gasteiger partial charge < -0.3 is 14.7 Å². The van der Waals surface area contributed by atoms with E-state index in [1.165, 1.54) is 0 Å². The molecular formula is C5H11O7P. The lowest BCUT2D eigenvalue weighted by molar-refractivity contribution is -0.136. The summed E-state index contributed by atoms with van der Waals surface area (Å²) < 4.78 is 13.8. The van der Waals surface area contributed by atoms with Crippen molar-refractivity contribution >= 4 is 13.8 Å². The molecule has 13 heavy (non-hydrogen) atoms. The lowest BCUT2D eigenvalue weighted by Crippen LogP contribution is -2.14. The zero-order chi connectivity index (χ0) is 10.5. The zero-order valence-corrected chi connectivity index (χ0v) is 7.55. The van der Waals surface area contributed by atoms with Crippen LogP contribution in [0.5, 0.6) is 0 Å². The summed E-state index contributed by atoms with van der Waals surface area (Å²) in [6, 6.07) is 0. The molecule has 0 aromatic rings. The monoisotopic (exact) mass is 214 g/mol. The average Bonchev–Trinajstić information content (AvgIpc) is 1.97. The molecule has 4 N–H and O–H groups in total. The van der Waals surface area contributed by atoms with E-state index in [9.17, 15) is 9.36 Å². The molecule has 0 aliphatic heterocycles. The molecule has 8 heteroatoms. The maximum absolute atomic E-state index is 10.6. The van der Waals surface area contributed by atoms with Crippen molar-refractivity contribution in [3.05, 3.63) is 0 Å². The largest absolute Gasteiger partial charge is 0.526 e. The summed E-state index contributed by atoms with van der Waals surface area (Å²) in [5, 5.41) is 17.1. The van der Waals surface area contributed by atoms with Crippen LogP contribution in [0.15, 0.2) is 0 Å². The van der Waals surface area contributed by atoms with E-state index in [0.717, 1.165) is 0 Å². The first-order valence-corrected chi connectivity index (χ1v) is 4.95. The van der Waals surface area contributed by atoms with Crippen LogP contribution in [0.1, 0.15) is 12.8 Å². The van der Waals surface area contributed by atoms with Crippen LogP contribution in [0.4, 0.5) is 0 Å². The molecule has 0 amide bonds. The van der Waals surface area contributed by atoms with Gasteiger partial charge in [-0.2, -0.15) is 0 Å². The fourth-order valence-corrected chi connectivity index (χ4v) is 0.911. The van der Waals surface area contributed by atoms with Gasteiger partial charge in [0.1, 0.15) is 0 Å². The Morgan fingerprint density at radius 2 is 2.00 bits per heavy atom. The molecule has 0 unspecified atom stereocenters. The van der Waals surface area contributed by atoms with Crippen LogP contribution in [-0.4, -0.2) is 38.7 Å². The van der Waals surface area contributed by atoms with E-state index in [-0.39, 0.29) is 12.8 Å². The minimum Gasteiger partial charge on any atom is -0.394 e. The third-order valence-electron chi connectivity index (χ3n) is 1.11. The topological polar surface area (TPSA) is 124 Å². The molecule has 0 bridgehead atoms. The maximum atomic E-state index is 10.6. The quantitative estimate of drug-likeness (QED) is 0.421. The number of phosphoric acid groups is 1. The molecule has 0 saturated heterocycles. The molecule has 0 aromatic heterocycles. The van der Waals surface area contributed by atoms with Crippen LogP contribution in [0.25, 0.3) is 0 Å². The van der Waals surface area contributed by atoms with Gasteiger partial charge in [-0.3, -0.25) is 14.6 Å². The summed E-state index contributed by atoms with van der Waals surface area (Å²) in [6.45, 7) is -0.511. The predicted octanol–water partition coefficient (Wildman–Crippen LogP) is -1.24. The summed E-state index contributed by atoms with van der Waals surface area (Å²) in [6.07, 6.45) is -1.54. The van der Waals surface area contributed by atoms with Gasteiger partial charge in [-0.1, -0.05) is 0 Å².